The third kappa shape index (κ3) is 11.9. The van der Waals surface area contributed by atoms with E-state index in [0.29, 0.717) is 45.6 Å². The van der Waals surface area contributed by atoms with E-state index in [2.05, 4.69) is 5.32 Å². The van der Waals surface area contributed by atoms with Gasteiger partial charge in [0.25, 0.3) is 0 Å². The lowest BCUT2D eigenvalue weighted by atomic mass is 10.0. The summed E-state index contributed by atoms with van der Waals surface area (Å²) in [5, 5.41) is 41.6. The third-order valence-corrected chi connectivity index (χ3v) is 6.79. The van der Waals surface area contributed by atoms with E-state index in [1.807, 2.05) is 13.8 Å². The van der Waals surface area contributed by atoms with E-state index >= 15 is 0 Å². The van der Waals surface area contributed by atoms with Crippen molar-refractivity contribution < 1.29 is 44.2 Å². The monoisotopic (exact) mass is 532 g/mol. The van der Waals surface area contributed by atoms with Gasteiger partial charge in [-0.15, -0.1) is 0 Å². The molecule has 2 aliphatic rings. The number of nitrogens with zero attached hydrogens (tertiary/aromatic N) is 1. The maximum atomic E-state index is 12.6. The minimum Gasteiger partial charge on any atom is -0.394 e. The number of unbranched alkanes of at least 4 members (excludes halogenated alkanes) is 4. The number of carbonyl (C=O) groups is 2. The number of hydrogen-bond donors (Lipinski definition) is 5. The van der Waals surface area contributed by atoms with Gasteiger partial charge in [-0.25, -0.2) is 0 Å². The second-order valence-electron chi connectivity index (χ2n) is 10.4. The molecule has 11 heteroatoms. The Bertz CT molecular complexity index is 666. The second kappa shape index (κ2) is 17.3. The predicted molar refractivity (Wildman–Crippen MR) is 135 cm³/mol. The molecule has 2 amide bonds. The van der Waals surface area contributed by atoms with Crippen LogP contribution < -0.4 is 5.32 Å². The van der Waals surface area contributed by atoms with Gasteiger partial charge in [0.1, 0.15) is 12.2 Å². The standard InChI is InChI=1S/C26H48N2O9/c1-18(2)36-17-19-13-20(30)15-28(19)24(33)10-6-3-7-11-27-23(32)9-5-4-8-12-35-25-14-21(31)26(34)22(16-29)37-25/h18-22,25-26,29-31,34H,3-17H2,1-2H3,(H,27,32)/t19-,20+,21?,22?,25+,26+/m0/s1. The molecule has 2 unspecified atom stereocenters. The lowest BCUT2D eigenvalue weighted by molar-refractivity contribution is -0.256. The highest BCUT2D eigenvalue weighted by Gasteiger charge is 2.37. The van der Waals surface area contributed by atoms with Gasteiger partial charge in [0.15, 0.2) is 6.29 Å². The van der Waals surface area contributed by atoms with Gasteiger partial charge in [0, 0.05) is 39.0 Å². The molecule has 0 spiro atoms. The summed E-state index contributed by atoms with van der Waals surface area (Å²) in [6.07, 6.45) is 2.29. The van der Waals surface area contributed by atoms with Crippen LogP contribution in [-0.2, 0) is 23.8 Å². The SMILES string of the molecule is CC(C)OC[C@@H]1C[C@@H](O)CN1C(=O)CCCCCNC(=O)CCCCCO[C@H]1CC(O)[C@@H](O)C(CO)O1. The molecule has 6 atom stereocenters. The third-order valence-electron chi connectivity index (χ3n) is 6.79. The lowest BCUT2D eigenvalue weighted by Crippen LogP contribution is -2.50. The normalized spacial score (nSPS) is 28.1. The largest absolute Gasteiger partial charge is 0.394 e. The van der Waals surface area contributed by atoms with Crippen molar-refractivity contribution in [3.63, 3.8) is 0 Å². The summed E-state index contributed by atoms with van der Waals surface area (Å²) in [4.78, 5) is 26.3. The molecule has 2 heterocycles. The van der Waals surface area contributed by atoms with Gasteiger partial charge in [-0.2, -0.15) is 0 Å². The second-order valence-corrected chi connectivity index (χ2v) is 10.4. The fourth-order valence-electron chi connectivity index (χ4n) is 4.65. The lowest BCUT2D eigenvalue weighted by Gasteiger charge is -2.36. The van der Waals surface area contributed by atoms with Crippen LogP contribution in [0.4, 0.5) is 0 Å². The van der Waals surface area contributed by atoms with Crippen LogP contribution in [-0.4, -0.2) is 113 Å². The number of carbonyl (C=O) groups excluding carboxylic acids is 2. The van der Waals surface area contributed by atoms with Crippen LogP contribution in [0.1, 0.15) is 78.1 Å². The summed E-state index contributed by atoms with van der Waals surface area (Å²) in [6, 6.07) is -0.0584. The molecule has 2 saturated heterocycles. The molecule has 0 aromatic rings. The molecule has 11 nitrogen and oxygen atoms in total. The van der Waals surface area contributed by atoms with Gasteiger partial charge in [-0.3, -0.25) is 9.59 Å². The van der Waals surface area contributed by atoms with Gasteiger partial charge >= 0.3 is 0 Å². The highest BCUT2D eigenvalue weighted by Crippen LogP contribution is 2.22. The van der Waals surface area contributed by atoms with Crippen molar-refractivity contribution >= 4 is 11.8 Å². The Labute approximate surface area is 220 Å². The van der Waals surface area contributed by atoms with E-state index in [-0.39, 0.29) is 37.0 Å². The molecule has 37 heavy (non-hydrogen) atoms. The van der Waals surface area contributed by atoms with Crippen molar-refractivity contribution in [2.24, 2.45) is 0 Å². The number of aliphatic hydroxyl groups is 4. The van der Waals surface area contributed by atoms with Crippen LogP contribution in [0, 0.1) is 0 Å². The van der Waals surface area contributed by atoms with Gasteiger partial charge in [0.05, 0.1) is 37.6 Å². The molecule has 2 rings (SSSR count). The first-order valence-electron chi connectivity index (χ1n) is 13.8. The Kier molecular flexibility index (Phi) is 14.9. The highest BCUT2D eigenvalue weighted by atomic mass is 16.7. The Morgan fingerprint density at radius 3 is 2.49 bits per heavy atom. The highest BCUT2D eigenvalue weighted by molar-refractivity contribution is 5.77. The zero-order valence-corrected chi connectivity index (χ0v) is 22.4. The summed E-state index contributed by atoms with van der Waals surface area (Å²) in [7, 11) is 0. The van der Waals surface area contributed by atoms with E-state index < -0.39 is 30.7 Å². The van der Waals surface area contributed by atoms with Gasteiger partial charge in [-0.05, 0) is 46.0 Å². The summed E-state index contributed by atoms with van der Waals surface area (Å²) >= 11 is 0. The Hall–Kier alpha value is -1.34. The average molecular weight is 533 g/mol. The number of aliphatic hydroxyl groups excluding tert-OH is 4. The molecule has 2 aliphatic heterocycles. The number of hydrogen-bond acceptors (Lipinski definition) is 9. The number of β-amino-alcohol motifs (C(OH)–C–C–N with tert-alkyl or cyclic N) is 1. The number of ether oxygens (including phenoxy) is 3. The first-order valence-corrected chi connectivity index (χ1v) is 13.8. The van der Waals surface area contributed by atoms with Gasteiger partial charge in [0.2, 0.25) is 11.8 Å². The van der Waals surface area contributed by atoms with Crippen LogP contribution in [0.3, 0.4) is 0 Å². The van der Waals surface area contributed by atoms with Crippen LogP contribution >= 0.6 is 0 Å². The summed E-state index contributed by atoms with van der Waals surface area (Å²) in [5.41, 5.74) is 0. The molecular weight excluding hydrogens is 484 g/mol. The van der Waals surface area contributed by atoms with Crippen molar-refractivity contribution in [2.45, 2.75) is 121 Å². The van der Waals surface area contributed by atoms with Crippen molar-refractivity contribution in [3.8, 4) is 0 Å². The maximum absolute atomic E-state index is 12.6. The molecule has 216 valence electrons. The quantitative estimate of drug-likeness (QED) is 0.168. The minimum absolute atomic E-state index is 0.00885. The molecule has 0 bridgehead atoms. The van der Waals surface area contributed by atoms with E-state index in [0.717, 1.165) is 38.5 Å². The van der Waals surface area contributed by atoms with Crippen molar-refractivity contribution in [1.82, 2.24) is 10.2 Å². The molecular formula is C26H48N2O9. The molecule has 2 fully saturated rings. The summed E-state index contributed by atoms with van der Waals surface area (Å²) in [5.74, 6) is 0.0634. The maximum Gasteiger partial charge on any atom is 0.222 e. The molecule has 0 saturated carbocycles. The van der Waals surface area contributed by atoms with Crippen LogP contribution in [0.15, 0.2) is 0 Å². The van der Waals surface area contributed by atoms with E-state index in [1.165, 1.54) is 0 Å². The smallest absolute Gasteiger partial charge is 0.222 e. The molecule has 0 aliphatic carbocycles. The van der Waals surface area contributed by atoms with E-state index in [1.54, 1.807) is 4.90 Å². The number of amides is 2. The van der Waals surface area contributed by atoms with Crippen LogP contribution in [0.2, 0.25) is 0 Å². The average Bonchev–Trinajstić information content (AvgIpc) is 3.24. The number of rotatable bonds is 17. The summed E-state index contributed by atoms with van der Waals surface area (Å²) < 4.78 is 16.6. The Morgan fingerprint density at radius 1 is 1.03 bits per heavy atom. The zero-order valence-electron chi connectivity index (χ0n) is 22.4. The summed E-state index contributed by atoms with van der Waals surface area (Å²) in [6.45, 7) is 5.35. The number of nitrogens with one attached hydrogen (secondary N) is 1. The predicted octanol–water partition coefficient (Wildman–Crippen LogP) is 0.456. The molecule has 0 aromatic carbocycles. The fourth-order valence-corrected chi connectivity index (χ4v) is 4.65. The first-order chi connectivity index (χ1) is 17.7. The van der Waals surface area contributed by atoms with E-state index in [4.69, 9.17) is 14.2 Å². The Morgan fingerprint density at radius 2 is 1.76 bits per heavy atom. The van der Waals surface area contributed by atoms with Gasteiger partial charge in [-0.1, -0.05) is 12.8 Å². The number of likely N-dealkylation sites (tertiary alicyclic amines) is 1. The Balaban J connectivity index is 1.44. The minimum atomic E-state index is -1.11. The fraction of sp³-hybridized carbons (Fsp3) is 0.923. The topological polar surface area (TPSA) is 158 Å². The van der Waals surface area contributed by atoms with Crippen molar-refractivity contribution in [3.05, 3.63) is 0 Å². The van der Waals surface area contributed by atoms with Gasteiger partial charge < -0.3 is 44.9 Å². The zero-order chi connectivity index (χ0) is 27.2. The van der Waals surface area contributed by atoms with Crippen LogP contribution in [0.5, 0.6) is 0 Å². The van der Waals surface area contributed by atoms with Crippen LogP contribution in [0.25, 0.3) is 0 Å². The van der Waals surface area contributed by atoms with Crippen molar-refractivity contribution in [1.29, 1.82) is 0 Å². The first kappa shape index (κ1) is 31.9. The van der Waals surface area contributed by atoms with E-state index in [9.17, 15) is 30.0 Å². The molecule has 0 radical (unpaired) electrons. The molecule has 5 N–H and O–H groups in total. The van der Waals surface area contributed by atoms with Crippen molar-refractivity contribution in [2.75, 3.05) is 32.9 Å². The molecule has 0 aromatic heterocycles.